The third kappa shape index (κ3) is 6.70. The summed E-state index contributed by atoms with van der Waals surface area (Å²) in [5, 5.41) is 15.6. The predicted octanol–water partition coefficient (Wildman–Crippen LogP) is 4.77. The number of benzene rings is 3. The summed E-state index contributed by atoms with van der Waals surface area (Å²) in [4.78, 5) is 40.3. The molecule has 4 rings (SSSR count). The molecule has 0 radical (unpaired) electrons. The largest absolute Gasteiger partial charge is 0.492 e. The lowest BCUT2D eigenvalue weighted by Crippen LogP contribution is -2.38. The van der Waals surface area contributed by atoms with Gasteiger partial charge in [-0.2, -0.15) is 0 Å². The number of hydrogen-bond donors (Lipinski definition) is 3. The highest BCUT2D eigenvalue weighted by atomic mass is 16.5. The zero-order valence-electron chi connectivity index (χ0n) is 23.2. The number of morpholine rings is 1. The quantitative estimate of drug-likeness (QED) is 0.257. The van der Waals surface area contributed by atoms with E-state index in [1.165, 1.54) is 7.11 Å². The fourth-order valence-corrected chi connectivity index (χ4v) is 4.59. The van der Waals surface area contributed by atoms with Crippen LogP contribution in [0, 0.1) is 0 Å². The van der Waals surface area contributed by atoms with Gasteiger partial charge in [-0.3, -0.25) is 19.8 Å². The number of amides is 2. The Bertz CT molecular complexity index is 1410. The number of anilines is 2. The summed E-state index contributed by atoms with van der Waals surface area (Å²) in [5.41, 5.74) is 0.935. The number of nitrogens with one attached hydrogen (secondary N) is 2. The van der Waals surface area contributed by atoms with Crippen molar-refractivity contribution in [2.45, 2.75) is 26.2 Å². The second kappa shape index (κ2) is 12.4. The van der Waals surface area contributed by atoms with E-state index in [4.69, 9.17) is 14.2 Å². The molecule has 0 spiro atoms. The molecule has 40 heavy (non-hydrogen) atoms. The summed E-state index contributed by atoms with van der Waals surface area (Å²) in [7, 11) is 1.36. The molecule has 3 aromatic carbocycles. The molecule has 3 N–H and O–H groups in total. The molecule has 10 nitrogen and oxygen atoms in total. The van der Waals surface area contributed by atoms with Gasteiger partial charge in [0.05, 0.1) is 31.7 Å². The van der Waals surface area contributed by atoms with Crippen molar-refractivity contribution in [2.24, 2.45) is 0 Å². The van der Waals surface area contributed by atoms with Crippen LogP contribution in [0.4, 0.5) is 16.2 Å². The lowest BCUT2D eigenvalue weighted by atomic mass is 9.86. The van der Waals surface area contributed by atoms with Crippen molar-refractivity contribution in [2.75, 3.05) is 57.2 Å². The molecule has 0 aromatic heterocycles. The van der Waals surface area contributed by atoms with Crippen molar-refractivity contribution in [1.82, 2.24) is 4.90 Å². The minimum atomic E-state index is -1.28. The molecular formula is C30H35N3O7. The summed E-state index contributed by atoms with van der Waals surface area (Å²) in [6.45, 7) is 10.3. The maximum atomic E-state index is 13.4. The number of rotatable bonds is 9. The molecule has 1 heterocycles. The Kier molecular flexibility index (Phi) is 8.91. The van der Waals surface area contributed by atoms with E-state index in [0.717, 1.165) is 30.6 Å². The Morgan fingerprint density at radius 2 is 1.62 bits per heavy atom. The monoisotopic (exact) mass is 549 g/mol. The molecule has 0 saturated carbocycles. The van der Waals surface area contributed by atoms with Crippen LogP contribution in [-0.2, 0) is 14.9 Å². The molecule has 1 saturated heterocycles. The standard InChI is InChI=1S/C30H35N3O7/c1-30(2,3)19-17-23(27(38-4)24(18-19)32-29(36)37)31-28(35)26(34)22-9-10-25(21-8-6-5-7-20(21)22)40-16-13-33-11-14-39-15-12-33/h5-10,17-18,32H,11-16H2,1-4H3,(H,31,35)(H,36,37). The van der Waals surface area contributed by atoms with Gasteiger partial charge in [0.1, 0.15) is 12.4 Å². The molecule has 0 bridgehead atoms. The second-order valence-electron chi connectivity index (χ2n) is 10.5. The number of carboxylic acid groups (broad SMARTS) is 1. The first-order valence-corrected chi connectivity index (χ1v) is 13.1. The summed E-state index contributed by atoms with van der Waals surface area (Å²) in [6.07, 6.45) is -1.28. The van der Waals surface area contributed by atoms with E-state index in [1.807, 2.05) is 32.9 Å². The van der Waals surface area contributed by atoms with Crippen LogP contribution in [0.2, 0.25) is 0 Å². The van der Waals surface area contributed by atoms with Crippen LogP contribution < -0.4 is 20.1 Å². The molecule has 2 amide bonds. The maximum absolute atomic E-state index is 13.4. The Morgan fingerprint density at radius 3 is 2.25 bits per heavy atom. The van der Waals surface area contributed by atoms with Crippen molar-refractivity contribution >= 4 is 39.9 Å². The summed E-state index contributed by atoms with van der Waals surface area (Å²) in [6, 6.07) is 13.9. The van der Waals surface area contributed by atoms with E-state index in [0.29, 0.717) is 31.0 Å². The number of nitrogens with zero attached hydrogens (tertiary/aromatic N) is 1. The number of ketones is 1. The molecule has 1 aliphatic rings. The van der Waals surface area contributed by atoms with Crippen LogP contribution in [-0.4, -0.2) is 74.4 Å². The third-order valence-electron chi connectivity index (χ3n) is 6.75. The van der Waals surface area contributed by atoms with Crippen molar-refractivity contribution in [1.29, 1.82) is 0 Å². The Hall–Kier alpha value is -4.15. The van der Waals surface area contributed by atoms with Crippen LogP contribution in [0.25, 0.3) is 10.8 Å². The van der Waals surface area contributed by atoms with Gasteiger partial charge in [-0.05, 0) is 40.6 Å². The predicted molar refractivity (Wildman–Crippen MR) is 153 cm³/mol. The van der Waals surface area contributed by atoms with Gasteiger partial charge in [-0.1, -0.05) is 45.0 Å². The summed E-state index contributed by atoms with van der Waals surface area (Å²) in [5.74, 6) is -0.890. The zero-order chi connectivity index (χ0) is 28.9. The first-order valence-electron chi connectivity index (χ1n) is 13.1. The summed E-state index contributed by atoms with van der Waals surface area (Å²) < 4.78 is 16.9. The number of methoxy groups -OCH3 is 1. The van der Waals surface area contributed by atoms with Crippen LogP contribution in [0.5, 0.6) is 11.5 Å². The molecular weight excluding hydrogens is 514 g/mol. The number of carbonyl (C=O) groups is 3. The van der Waals surface area contributed by atoms with E-state index in [2.05, 4.69) is 15.5 Å². The van der Waals surface area contributed by atoms with E-state index in [9.17, 15) is 19.5 Å². The molecule has 0 aliphatic carbocycles. The van der Waals surface area contributed by atoms with Crippen molar-refractivity contribution in [3.63, 3.8) is 0 Å². The fraction of sp³-hybridized carbons (Fsp3) is 0.367. The molecule has 3 aromatic rings. The minimum absolute atomic E-state index is 0.102. The van der Waals surface area contributed by atoms with E-state index >= 15 is 0 Å². The Labute approximate surface area is 233 Å². The number of carbonyl (C=O) groups excluding carboxylic acids is 2. The van der Waals surface area contributed by atoms with Gasteiger partial charge in [0.2, 0.25) is 0 Å². The molecule has 1 fully saturated rings. The molecule has 1 aliphatic heterocycles. The van der Waals surface area contributed by atoms with Crippen molar-refractivity contribution < 1.29 is 33.7 Å². The normalized spacial score (nSPS) is 14.0. The average Bonchev–Trinajstić information content (AvgIpc) is 2.92. The van der Waals surface area contributed by atoms with Crippen molar-refractivity contribution in [3.8, 4) is 11.5 Å². The molecule has 212 valence electrons. The van der Waals surface area contributed by atoms with Gasteiger partial charge in [0.15, 0.2) is 5.75 Å². The highest BCUT2D eigenvalue weighted by Gasteiger charge is 2.25. The zero-order valence-corrected chi connectivity index (χ0v) is 23.2. The van der Waals surface area contributed by atoms with E-state index < -0.39 is 17.8 Å². The first kappa shape index (κ1) is 28.8. The topological polar surface area (TPSA) is 126 Å². The smallest absolute Gasteiger partial charge is 0.409 e. The van der Waals surface area contributed by atoms with Gasteiger partial charge in [0, 0.05) is 30.6 Å². The van der Waals surface area contributed by atoms with E-state index in [-0.39, 0.29) is 28.1 Å². The summed E-state index contributed by atoms with van der Waals surface area (Å²) >= 11 is 0. The highest BCUT2D eigenvalue weighted by molar-refractivity contribution is 6.48. The maximum Gasteiger partial charge on any atom is 0.409 e. The lowest BCUT2D eigenvalue weighted by Gasteiger charge is -2.26. The SMILES string of the molecule is COc1c(NC(=O)O)cc(C(C)(C)C)cc1NC(=O)C(=O)c1ccc(OCCN2CCOCC2)c2ccccc12. The minimum Gasteiger partial charge on any atom is -0.492 e. The third-order valence-corrected chi connectivity index (χ3v) is 6.75. The molecule has 10 heteroatoms. The first-order chi connectivity index (χ1) is 19.1. The number of fused-ring (bicyclic) bond motifs is 1. The van der Waals surface area contributed by atoms with Gasteiger partial charge < -0.3 is 24.6 Å². The van der Waals surface area contributed by atoms with Gasteiger partial charge in [-0.15, -0.1) is 0 Å². The van der Waals surface area contributed by atoms with Crippen LogP contribution >= 0.6 is 0 Å². The molecule has 0 atom stereocenters. The molecule has 0 unspecified atom stereocenters. The Morgan fingerprint density at radius 1 is 0.975 bits per heavy atom. The fourth-order valence-electron chi connectivity index (χ4n) is 4.59. The van der Waals surface area contributed by atoms with E-state index in [1.54, 1.807) is 36.4 Å². The van der Waals surface area contributed by atoms with Crippen LogP contribution in [0.3, 0.4) is 0 Å². The number of Topliss-reactive ketones (excluding diaryl/α,β-unsaturated/α-hetero) is 1. The van der Waals surface area contributed by atoms with Gasteiger partial charge >= 0.3 is 6.09 Å². The van der Waals surface area contributed by atoms with Gasteiger partial charge in [-0.25, -0.2) is 4.79 Å². The number of hydrogen-bond acceptors (Lipinski definition) is 7. The van der Waals surface area contributed by atoms with Crippen LogP contribution in [0.1, 0.15) is 36.7 Å². The van der Waals surface area contributed by atoms with Crippen LogP contribution in [0.15, 0.2) is 48.5 Å². The second-order valence-corrected chi connectivity index (χ2v) is 10.5. The highest BCUT2D eigenvalue weighted by Crippen LogP contribution is 2.39. The number of ether oxygens (including phenoxy) is 3. The Balaban J connectivity index is 1.59. The average molecular weight is 550 g/mol. The van der Waals surface area contributed by atoms with Gasteiger partial charge in [0.25, 0.3) is 11.7 Å². The lowest BCUT2D eigenvalue weighted by molar-refractivity contribution is -0.112. The van der Waals surface area contributed by atoms with Crippen molar-refractivity contribution in [3.05, 3.63) is 59.7 Å².